The highest BCUT2D eigenvalue weighted by atomic mass is 32.2. The smallest absolute Gasteiger partial charge is 0.191 e. The van der Waals surface area contributed by atoms with Crippen molar-refractivity contribution in [1.82, 2.24) is 14.8 Å². The van der Waals surface area contributed by atoms with Crippen molar-refractivity contribution in [3.05, 3.63) is 29.8 Å². The fourth-order valence-electron chi connectivity index (χ4n) is 2.39. The first-order valence-electron chi connectivity index (χ1n) is 6.90. The average molecular weight is 288 g/mol. The topological polar surface area (TPSA) is 56.7 Å². The molecule has 0 saturated carbocycles. The third-order valence-electron chi connectivity index (χ3n) is 3.65. The van der Waals surface area contributed by atoms with E-state index < -0.39 is 0 Å². The highest BCUT2D eigenvalue weighted by Crippen LogP contribution is 2.34. The summed E-state index contributed by atoms with van der Waals surface area (Å²) < 4.78 is 2.17. The molecule has 3 rings (SSSR count). The molecule has 0 radical (unpaired) electrons. The van der Waals surface area contributed by atoms with E-state index in [1.807, 2.05) is 0 Å². The molecule has 1 aliphatic heterocycles. The van der Waals surface area contributed by atoms with Crippen LogP contribution in [-0.2, 0) is 12.0 Å². The number of thioether (sulfide) groups is 1. The molecule has 106 valence electrons. The second-order valence-electron chi connectivity index (χ2n) is 6.22. The normalized spacial score (nSPS) is 18.3. The Hall–Kier alpha value is -1.33. The van der Waals surface area contributed by atoms with Crippen LogP contribution < -0.4 is 5.73 Å². The second-order valence-corrected chi connectivity index (χ2v) is 7.49. The van der Waals surface area contributed by atoms with Crippen LogP contribution in [0.5, 0.6) is 0 Å². The summed E-state index contributed by atoms with van der Waals surface area (Å²) in [6.07, 6.45) is 0. The second kappa shape index (κ2) is 4.90. The van der Waals surface area contributed by atoms with Gasteiger partial charge < -0.3 is 10.3 Å². The van der Waals surface area contributed by atoms with E-state index in [2.05, 4.69) is 59.8 Å². The Kier molecular flexibility index (Phi) is 3.34. The predicted molar refractivity (Wildman–Crippen MR) is 82.9 cm³/mol. The quantitative estimate of drug-likeness (QED) is 0.923. The number of hydrogen-bond donors (Lipinski definition) is 1. The van der Waals surface area contributed by atoms with E-state index in [1.165, 1.54) is 5.56 Å². The molecule has 4 nitrogen and oxygen atoms in total. The molecule has 2 N–H and O–H groups in total. The fourth-order valence-corrected chi connectivity index (χ4v) is 3.38. The van der Waals surface area contributed by atoms with Crippen LogP contribution in [0.3, 0.4) is 0 Å². The molecule has 0 fully saturated rings. The molecule has 0 aliphatic carbocycles. The summed E-state index contributed by atoms with van der Waals surface area (Å²) in [7, 11) is 0. The fraction of sp³-hybridized carbons (Fsp3) is 0.467. The Morgan fingerprint density at radius 1 is 1.25 bits per heavy atom. The molecule has 1 atom stereocenters. The van der Waals surface area contributed by atoms with Crippen molar-refractivity contribution in [3.8, 4) is 11.4 Å². The van der Waals surface area contributed by atoms with E-state index in [-0.39, 0.29) is 5.41 Å². The molecule has 2 aromatic rings. The molecule has 1 unspecified atom stereocenters. The van der Waals surface area contributed by atoms with Gasteiger partial charge >= 0.3 is 0 Å². The van der Waals surface area contributed by atoms with Crippen LogP contribution in [-0.4, -0.2) is 26.6 Å². The van der Waals surface area contributed by atoms with Crippen LogP contribution in [0.25, 0.3) is 11.4 Å². The van der Waals surface area contributed by atoms with E-state index in [0.717, 1.165) is 23.1 Å². The van der Waals surface area contributed by atoms with Crippen molar-refractivity contribution in [2.24, 2.45) is 5.73 Å². The molecule has 1 aromatic heterocycles. The van der Waals surface area contributed by atoms with Crippen molar-refractivity contribution in [3.63, 3.8) is 0 Å². The lowest BCUT2D eigenvalue weighted by Gasteiger charge is -2.19. The van der Waals surface area contributed by atoms with E-state index in [1.54, 1.807) is 11.8 Å². The predicted octanol–water partition coefficient (Wildman–Crippen LogP) is 2.68. The van der Waals surface area contributed by atoms with Gasteiger partial charge in [-0.15, -0.1) is 10.2 Å². The maximum absolute atomic E-state index is 5.75. The Balaban J connectivity index is 1.92. The Bertz CT molecular complexity index is 610. The lowest BCUT2D eigenvalue weighted by atomic mass is 9.87. The zero-order valence-corrected chi connectivity index (χ0v) is 12.9. The van der Waals surface area contributed by atoms with Gasteiger partial charge in [0.15, 0.2) is 11.0 Å². The first-order chi connectivity index (χ1) is 9.49. The highest BCUT2D eigenvalue weighted by molar-refractivity contribution is 8.00. The molecule has 0 amide bonds. The summed E-state index contributed by atoms with van der Waals surface area (Å²) in [6, 6.07) is 8.63. The third kappa shape index (κ3) is 2.36. The Morgan fingerprint density at radius 3 is 2.55 bits per heavy atom. The van der Waals surface area contributed by atoms with Gasteiger partial charge in [-0.3, -0.25) is 0 Å². The van der Waals surface area contributed by atoms with Crippen LogP contribution in [0, 0.1) is 0 Å². The third-order valence-corrected chi connectivity index (χ3v) is 4.83. The van der Waals surface area contributed by atoms with E-state index in [4.69, 9.17) is 5.73 Å². The van der Waals surface area contributed by atoms with Crippen molar-refractivity contribution in [2.45, 2.75) is 43.1 Å². The van der Waals surface area contributed by atoms with Crippen LogP contribution in [0.2, 0.25) is 0 Å². The lowest BCUT2D eigenvalue weighted by Crippen LogP contribution is -2.18. The van der Waals surface area contributed by atoms with Gasteiger partial charge in [0, 0.05) is 23.9 Å². The van der Waals surface area contributed by atoms with Gasteiger partial charge in [-0.05, 0) is 11.0 Å². The number of fused-ring (bicyclic) bond motifs is 1. The summed E-state index contributed by atoms with van der Waals surface area (Å²) in [5.74, 6) is 0.948. The van der Waals surface area contributed by atoms with Gasteiger partial charge in [0.2, 0.25) is 0 Å². The zero-order chi connectivity index (χ0) is 14.3. The van der Waals surface area contributed by atoms with Gasteiger partial charge in [-0.1, -0.05) is 56.8 Å². The maximum atomic E-state index is 5.75. The summed E-state index contributed by atoms with van der Waals surface area (Å²) in [5, 5.41) is 9.99. The van der Waals surface area contributed by atoms with E-state index in [0.29, 0.717) is 11.8 Å². The van der Waals surface area contributed by atoms with Gasteiger partial charge in [-0.25, -0.2) is 0 Å². The monoisotopic (exact) mass is 288 g/mol. The molecule has 2 heterocycles. The maximum Gasteiger partial charge on any atom is 0.191 e. The minimum Gasteiger partial charge on any atom is -0.329 e. The molecule has 5 heteroatoms. The Labute approximate surface area is 123 Å². The van der Waals surface area contributed by atoms with E-state index in [9.17, 15) is 0 Å². The zero-order valence-electron chi connectivity index (χ0n) is 12.1. The SMILES string of the molecule is CC(C)(C)c1ccc(-c2nnc3n2CC(CN)S3)cc1. The van der Waals surface area contributed by atoms with Gasteiger partial charge in [0.25, 0.3) is 0 Å². The average Bonchev–Trinajstić information content (AvgIpc) is 2.97. The Morgan fingerprint density at radius 2 is 1.95 bits per heavy atom. The number of nitrogens with zero attached hydrogens (tertiary/aromatic N) is 3. The first-order valence-corrected chi connectivity index (χ1v) is 7.78. The molecule has 0 spiro atoms. The first kappa shape index (κ1) is 13.6. The highest BCUT2D eigenvalue weighted by Gasteiger charge is 2.26. The van der Waals surface area contributed by atoms with Crippen molar-refractivity contribution in [1.29, 1.82) is 0 Å². The van der Waals surface area contributed by atoms with E-state index >= 15 is 0 Å². The van der Waals surface area contributed by atoms with Crippen LogP contribution in [0.1, 0.15) is 26.3 Å². The largest absolute Gasteiger partial charge is 0.329 e. The van der Waals surface area contributed by atoms with Crippen LogP contribution in [0.4, 0.5) is 0 Å². The minimum absolute atomic E-state index is 0.172. The molecule has 20 heavy (non-hydrogen) atoms. The van der Waals surface area contributed by atoms with Crippen molar-refractivity contribution < 1.29 is 0 Å². The molecular formula is C15H20N4S. The molecule has 1 aliphatic rings. The summed E-state index contributed by atoms with van der Waals surface area (Å²) in [6.45, 7) is 8.24. The number of hydrogen-bond acceptors (Lipinski definition) is 4. The number of benzene rings is 1. The number of nitrogens with two attached hydrogens (primary N) is 1. The number of rotatable bonds is 2. The van der Waals surface area contributed by atoms with Crippen molar-refractivity contribution in [2.75, 3.05) is 6.54 Å². The summed E-state index contributed by atoms with van der Waals surface area (Å²) in [5.41, 5.74) is 8.37. The molecular weight excluding hydrogens is 268 g/mol. The summed E-state index contributed by atoms with van der Waals surface area (Å²) in [4.78, 5) is 0. The molecule has 1 aromatic carbocycles. The summed E-state index contributed by atoms with van der Waals surface area (Å²) >= 11 is 1.72. The minimum atomic E-state index is 0.172. The van der Waals surface area contributed by atoms with Crippen molar-refractivity contribution >= 4 is 11.8 Å². The van der Waals surface area contributed by atoms with Crippen LogP contribution >= 0.6 is 11.8 Å². The lowest BCUT2D eigenvalue weighted by molar-refractivity contribution is 0.590. The standard InChI is InChI=1S/C15H20N4S/c1-15(2,3)11-6-4-10(5-7-11)13-17-18-14-19(13)9-12(8-16)20-14/h4-7,12H,8-9,16H2,1-3H3. The van der Waals surface area contributed by atoms with Gasteiger partial charge in [0.1, 0.15) is 0 Å². The van der Waals surface area contributed by atoms with Crippen LogP contribution in [0.15, 0.2) is 29.4 Å². The van der Waals surface area contributed by atoms with Gasteiger partial charge in [0.05, 0.1) is 0 Å². The number of aromatic nitrogens is 3. The molecule has 0 bridgehead atoms. The molecule has 0 saturated heterocycles. The van der Waals surface area contributed by atoms with Gasteiger partial charge in [-0.2, -0.15) is 0 Å².